The van der Waals surface area contributed by atoms with E-state index in [0.717, 1.165) is 18.5 Å². The Hall–Kier alpha value is -1.39. The molecule has 0 radical (unpaired) electrons. The van der Waals surface area contributed by atoms with Crippen LogP contribution in [0.25, 0.3) is 0 Å². The first-order valence-corrected chi connectivity index (χ1v) is 6.67. The minimum Gasteiger partial charge on any atom is -0.383 e. The Morgan fingerprint density at radius 1 is 1.42 bits per heavy atom. The van der Waals surface area contributed by atoms with Crippen LogP contribution in [-0.2, 0) is 16.0 Å². The van der Waals surface area contributed by atoms with Crippen LogP contribution in [0.15, 0.2) is 24.3 Å². The van der Waals surface area contributed by atoms with E-state index in [1.54, 1.807) is 7.11 Å². The highest BCUT2D eigenvalue weighted by Gasteiger charge is 2.29. The Morgan fingerprint density at radius 2 is 2.16 bits per heavy atom. The minimum atomic E-state index is -0.215. The monoisotopic (exact) mass is 262 g/mol. The normalized spacial score (nSPS) is 19.5. The number of nitrogens with one attached hydrogen (secondary N) is 2. The summed E-state index contributed by atoms with van der Waals surface area (Å²) in [7, 11) is 1.67. The summed E-state index contributed by atoms with van der Waals surface area (Å²) in [6.45, 7) is 4.66. The molecule has 1 aromatic rings. The third-order valence-electron chi connectivity index (χ3n) is 3.36. The predicted octanol–water partition coefficient (Wildman–Crippen LogP) is 1.95. The standard InChI is InChI=1S/C15H22N2O2/c1-15(2,10-19-3)17-13-9-8-11-6-4-5-7-12(11)16-14(13)18/h4-7,13,17H,8-10H2,1-3H3,(H,16,18). The molecule has 19 heavy (non-hydrogen) atoms. The lowest BCUT2D eigenvalue weighted by molar-refractivity contribution is -0.118. The van der Waals surface area contributed by atoms with E-state index >= 15 is 0 Å². The molecule has 2 rings (SSSR count). The number of hydrogen-bond donors (Lipinski definition) is 2. The maximum Gasteiger partial charge on any atom is 0.241 e. The highest BCUT2D eigenvalue weighted by atomic mass is 16.5. The van der Waals surface area contributed by atoms with Crippen LogP contribution in [0.2, 0.25) is 0 Å². The summed E-state index contributed by atoms with van der Waals surface area (Å²) >= 11 is 0. The highest BCUT2D eigenvalue weighted by molar-refractivity contribution is 5.96. The number of amides is 1. The first-order valence-electron chi connectivity index (χ1n) is 6.67. The van der Waals surface area contributed by atoms with Crippen LogP contribution in [0.4, 0.5) is 5.69 Å². The van der Waals surface area contributed by atoms with Crippen molar-refractivity contribution in [3.8, 4) is 0 Å². The lowest BCUT2D eigenvalue weighted by Crippen LogP contribution is -2.53. The Morgan fingerprint density at radius 3 is 2.89 bits per heavy atom. The van der Waals surface area contributed by atoms with E-state index in [1.165, 1.54) is 5.56 Å². The number of carbonyl (C=O) groups is 1. The molecule has 1 unspecified atom stereocenters. The predicted molar refractivity (Wildman–Crippen MR) is 76.3 cm³/mol. The van der Waals surface area contributed by atoms with Crippen LogP contribution < -0.4 is 10.6 Å². The van der Waals surface area contributed by atoms with E-state index in [0.29, 0.717) is 6.61 Å². The number of ether oxygens (including phenoxy) is 1. The number of hydrogen-bond acceptors (Lipinski definition) is 3. The molecule has 1 aromatic carbocycles. The van der Waals surface area contributed by atoms with Crippen LogP contribution in [0, 0.1) is 0 Å². The van der Waals surface area contributed by atoms with Gasteiger partial charge < -0.3 is 10.1 Å². The number of fused-ring (bicyclic) bond motifs is 1. The Balaban J connectivity index is 2.08. The van der Waals surface area contributed by atoms with Crippen molar-refractivity contribution >= 4 is 11.6 Å². The SMILES string of the molecule is COCC(C)(C)NC1CCc2ccccc2NC1=O. The second-order valence-corrected chi connectivity index (χ2v) is 5.70. The highest BCUT2D eigenvalue weighted by Crippen LogP contribution is 2.22. The van der Waals surface area contributed by atoms with Crippen LogP contribution >= 0.6 is 0 Å². The van der Waals surface area contributed by atoms with Crippen LogP contribution in [-0.4, -0.2) is 31.2 Å². The fourth-order valence-electron chi connectivity index (χ4n) is 2.52. The van der Waals surface area contributed by atoms with Gasteiger partial charge in [-0.05, 0) is 38.3 Å². The fraction of sp³-hybridized carbons (Fsp3) is 0.533. The van der Waals surface area contributed by atoms with Gasteiger partial charge in [0.25, 0.3) is 0 Å². The topological polar surface area (TPSA) is 50.4 Å². The summed E-state index contributed by atoms with van der Waals surface area (Å²) in [6, 6.07) is 7.79. The van der Waals surface area contributed by atoms with Crippen molar-refractivity contribution in [1.29, 1.82) is 0 Å². The molecule has 4 heteroatoms. The molecule has 1 aliphatic rings. The number of rotatable bonds is 4. The third kappa shape index (κ3) is 3.55. The number of para-hydroxylation sites is 1. The molecule has 0 aromatic heterocycles. The van der Waals surface area contributed by atoms with Crippen molar-refractivity contribution in [2.45, 2.75) is 38.3 Å². The molecule has 104 valence electrons. The molecule has 0 saturated carbocycles. The molecule has 1 amide bonds. The van der Waals surface area contributed by atoms with Crippen molar-refractivity contribution in [1.82, 2.24) is 5.32 Å². The Bertz CT molecular complexity index is 457. The minimum absolute atomic E-state index is 0.0362. The third-order valence-corrected chi connectivity index (χ3v) is 3.36. The molecular formula is C15H22N2O2. The lowest BCUT2D eigenvalue weighted by atomic mass is 10.0. The van der Waals surface area contributed by atoms with Crippen LogP contribution in [0.1, 0.15) is 25.8 Å². The number of anilines is 1. The van der Waals surface area contributed by atoms with Gasteiger partial charge in [0.2, 0.25) is 5.91 Å². The van der Waals surface area contributed by atoms with Gasteiger partial charge in [-0.2, -0.15) is 0 Å². The summed E-state index contributed by atoms with van der Waals surface area (Å²) < 4.78 is 5.18. The molecule has 0 spiro atoms. The molecule has 1 heterocycles. The van der Waals surface area contributed by atoms with E-state index in [-0.39, 0.29) is 17.5 Å². The molecular weight excluding hydrogens is 240 g/mol. The van der Waals surface area contributed by atoms with Crippen molar-refractivity contribution in [2.24, 2.45) is 0 Å². The molecule has 2 N–H and O–H groups in total. The van der Waals surface area contributed by atoms with Gasteiger partial charge in [0.15, 0.2) is 0 Å². The zero-order valence-corrected chi connectivity index (χ0v) is 11.8. The molecule has 0 aliphatic carbocycles. The van der Waals surface area contributed by atoms with Crippen molar-refractivity contribution in [3.05, 3.63) is 29.8 Å². The summed E-state index contributed by atoms with van der Waals surface area (Å²) in [4.78, 5) is 12.2. The number of carbonyl (C=O) groups excluding carboxylic acids is 1. The van der Waals surface area contributed by atoms with Gasteiger partial charge in [-0.3, -0.25) is 10.1 Å². The van der Waals surface area contributed by atoms with Gasteiger partial charge in [0, 0.05) is 18.3 Å². The average Bonchev–Trinajstić information content (AvgIpc) is 2.49. The van der Waals surface area contributed by atoms with Crippen molar-refractivity contribution in [2.75, 3.05) is 19.0 Å². The molecule has 1 aliphatic heterocycles. The van der Waals surface area contributed by atoms with Gasteiger partial charge >= 0.3 is 0 Å². The van der Waals surface area contributed by atoms with Gasteiger partial charge in [0.05, 0.1) is 12.6 Å². The Labute approximate surface area is 114 Å². The average molecular weight is 262 g/mol. The van der Waals surface area contributed by atoms with E-state index < -0.39 is 0 Å². The number of aryl methyl sites for hydroxylation is 1. The molecule has 0 bridgehead atoms. The number of methoxy groups -OCH3 is 1. The smallest absolute Gasteiger partial charge is 0.241 e. The molecule has 0 saturated heterocycles. The van der Waals surface area contributed by atoms with E-state index in [2.05, 4.69) is 16.7 Å². The van der Waals surface area contributed by atoms with E-state index in [9.17, 15) is 4.79 Å². The van der Waals surface area contributed by atoms with Gasteiger partial charge in [-0.1, -0.05) is 18.2 Å². The van der Waals surface area contributed by atoms with Crippen LogP contribution in [0.5, 0.6) is 0 Å². The summed E-state index contributed by atoms with van der Waals surface area (Å²) in [5.41, 5.74) is 1.92. The second-order valence-electron chi connectivity index (χ2n) is 5.70. The largest absolute Gasteiger partial charge is 0.383 e. The lowest BCUT2D eigenvalue weighted by Gasteiger charge is -2.30. The number of benzene rings is 1. The van der Waals surface area contributed by atoms with E-state index in [1.807, 2.05) is 32.0 Å². The van der Waals surface area contributed by atoms with Crippen molar-refractivity contribution < 1.29 is 9.53 Å². The first-order chi connectivity index (χ1) is 9.02. The Kier molecular flexibility index (Phi) is 4.22. The first kappa shape index (κ1) is 14.0. The summed E-state index contributed by atoms with van der Waals surface area (Å²) in [5, 5.41) is 6.38. The quantitative estimate of drug-likeness (QED) is 0.872. The van der Waals surface area contributed by atoms with Gasteiger partial charge in [-0.15, -0.1) is 0 Å². The second kappa shape index (κ2) is 5.72. The summed E-state index contributed by atoms with van der Waals surface area (Å²) in [6.07, 6.45) is 1.70. The van der Waals surface area contributed by atoms with Crippen molar-refractivity contribution in [3.63, 3.8) is 0 Å². The molecule has 4 nitrogen and oxygen atoms in total. The zero-order chi connectivity index (χ0) is 13.9. The van der Waals surface area contributed by atoms with E-state index in [4.69, 9.17) is 4.74 Å². The maximum absolute atomic E-state index is 12.2. The van der Waals surface area contributed by atoms with Crippen LogP contribution in [0.3, 0.4) is 0 Å². The molecule has 1 atom stereocenters. The zero-order valence-electron chi connectivity index (χ0n) is 11.8. The molecule has 0 fully saturated rings. The van der Waals surface area contributed by atoms with Gasteiger partial charge in [0.1, 0.15) is 0 Å². The fourth-order valence-corrected chi connectivity index (χ4v) is 2.52. The maximum atomic E-state index is 12.2. The van der Waals surface area contributed by atoms with Gasteiger partial charge in [-0.25, -0.2) is 0 Å². The summed E-state index contributed by atoms with van der Waals surface area (Å²) in [5.74, 6) is 0.0362.